The first-order valence-electron chi connectivity index (χ1n) is 6.86. The Bertz CT molecular complexity index is 691. The summed E-state index contributed by atoms with van der Waals surface area (Å²) in [7, 11) is -3.66. The third-order valence-electron chi connectivity index (χ3n) is 3.60. The maximum Gasteiger partial charge on any atom is 0.243 e. The van der Waals surface area contributed by atoms with Crippen LogP contribution in [0, 0.1) is 23.6 Å². The normalized spacial score (nSPS) is 22.9. The van der Waals surface area contributed by atoms with Gasteiger partial charge in [-0.25, -0.2) is 12.8 Å². The Balaban J connectivity index is 2.35. The number of sulfonamides is 1. The first-order chi connectivity index (χ1) is 9.86. The number of halogens is 1. The summed E-state index contributed by atoms with van der Waals surface area (Å²) in [5.74, 6) is 4.80. The molecule has 0 aliphatic carbocycles. The van der Waals surface area contributed by atoms with E-state index in [1.807, 2.05) is 13.8 Å². The van der Waals surface area contributed by atoms with Gasteiger partial charge in [-0.05, 0) is 37.5 Å². The van der Waals surface area contributed by atoms with Gasteiger partial charge in [0.15, 0.2) is 0 Å². The molecule has 2 unspecified atom stereocenters. The lowest BCUT2D eigenvalue weighted by atomic mass is 10.1. The Kier molecular flexibility index (Phi) is 4.67. The first kappa shape index (κ1) is 16.0. The van der Waals surface area contributed by atoms with Crippen molar-refractivity contribution >= 4 is 10.0 Å². The number of benzene rings is 1. The fraction of sp³-hybridized carbons (Fsp3) is 0.467. The van der Waals surface area contributed by atoms with Crippen LogP contribution in [0.4, 0.5) is 4.39 Å². The average molecular weight is 310 g/mol. The topological polar surface area (TPSA) is 63.4 Å². The summed E-state index contributed by atoms with van der Waals surface area (Å²) in [5.41, 5.74) is 5.39. The van der Waals surface area contributed by atoms with Crippen LogP contribution in [0.1, 0.15) is 25.8 Å². The van der Waals surface area contributed by atoms with Gasteiger partial charge < -0.3 is 5.73 Å². The number of hydrogen-bond acceptors (Lipinski definition) is 3. The molecule has 114 valence electrons. The van der Waals surface area contributed by atoms with Crippen molar-refractivity contribution in [3.8, 4) is 11.8 Å². The zero-order valence-electron chi connectivity index (χ0n) is 12.1. The summed E-state index contributed by atoms with van der Waals surface area (Å²) in [6.45, 7) is 4.49. The molecule has 6 heteroatoms. The Morgan fingerprint density at radius 2 is 2.14 bits per heavy atom. The van der Waals surface area contributed by atoms with Crippen LogP contribution in [-0.2, 0) is 10.0 Å². The molecule has 0 saturated carbocycles. The van der Waals surface area contributed by atoms with Crippen molar-refractivity contribution in [1.29, 1.82) is 0 Å². The summed E-state index contributed by atoms with van der Waals surface area (Å²) in [4.78, 5) is -0.0285. The van der Waals surface area contributed by atoms with E-state index in [4.69, 9.17) is 5.73 Å². The van der Waals surface area contributed by atoms with Gasteiger partial charge in [0.2, 0.25) is 10.0 Å². The summed E-state index contributed by atoms with van der Waals surface area (Å²) >= 11 is 0. The van der Waals surface area contributed by atoms with E-state index in [1.54, 1.807) is 0 Å². The van der Waals surface area contributed by atoms with E-state index in [0.29, 0.717) is 12.5 Å². The molecule has 21 heavy (non-hydrogen) atoms. The maximum atomic E-state index is 13.9. The van der Waals surface area contributed by atoms with E-state index in [2.05, 4.69) is 11.8 Å². The molecule has 1 heterocycles. The molecule has 0 spiro atoms. The molecule has 1 aliphatic heterocycles. The van der Waals surface area contributed by atoms with Crippen molar-refractivity contribution in [2.75, 3.05) is 13.1 Å². The highest BCUT2D eigenvalue weighted by Gasteiger charge is 2.36. The zero-order chi connectivity index (χ0) is 15.6. The molecule has 1 saturated heterocycles. The maximum absolute atomic E-state index is 13.9. The van der Waals surface area contributed by atoms with Crippen LogP contribution in [0.3, 0.4) is 0 Å². The third-order valence-corrected chi connectivity index (χ3v) is 5.58. The second-order valence-electron chi connectivity index (χ2n) is 5.41. The van der Waals surface area contributed by atoms with E-state index in [-0.39, 0.29) is 23.0 Å². The van der Waals surface area contributed by atoms with E-state index in [0.717, 1.165) is 12.5 Å². The van der Waals surface area contributed by atoms with Gasteiger partial charge in [0.1, 0.15) is 5.82 Å². The molecule has 0 amide bonds. The smallest absolute Gasteiger partial charge is 0.243 e. The second-order valence-corrected chi connectivity index (χ2v) is 7.30. The van der Waals surface area contributed by atoms with E-state index >= 15 is 0 Å². The highest BCUT2D eigenvalue weighted by molar-refractivity contribution is 7.89. The molecule has 1 fully saturated rings. The van der Waals surface area contributed by atoms with Crippen LogP contribution in [0.25, 0.3) is 0 Å². The zero-order valence-corrected chi connectivity index (χ0v) is 13.0. The van der Waals surface area contributed by atoms with Crippen LogP contribution >= 0.6 is 0 Å². The summed E-state index contributed by atoms with van der Waals surface area (Å²) in [6, 6.07) is 3.75. The van der Waals surface area contributed by atoms with Gasteiger partial charge >= 0.3 is 0 Å². The first-order valence-corrected chi connectivity index (χ1v) is 8.30. The van der Waals surface area contributed by atoms with Gasteiger partial charge in [-0.1, -0.05) is 18.8 Å². The third kappa shape index (κ3) is 3.26. The highest BCUT2D eigenvalue weighted by Crippen LogP contribution is 2.29. The lowest BCUT2D eigenvalue weighted by molar-refractivity contribution is 0.405. The molecule has 0 bridgehead atoms. The van der Waals surface area contributed by atoms with Crippen LogP contribution in [-0.4, -0.2) is 31.9 Å². The van der Waals surface area contributed by atoms with Crippen LogP contribution in [0.5, 0.6) is 0 Å². The largest absolute Gasteiger partial charge is 0.320 e. The Morgan fingerprint density at radius 1 is 1.43 bits per heavy atom. The molecular weight excluding hydrogens is 291 g/mol. The van der Waals surface area contributed by atoms with Gasteiger partial charge in [-0.3, -0.25) is 0 Å². The predicted octanol–water partition coefficient (Wildman–Crippen LogP) is 1.55. The van der Waals surface area contributed by atoms with Crippen molar-refractivity contribution in [3.05, 3.63) is 29.6 Å². The Hall–Kier alpha value is -1.42. The quantitative estimate of drug-likeness (QED) is 0.843. The lowest BCUT2D eigenvalue weighted by Crippen LogP contribution is -2.34. The standard InChI is InChI=1S/C15H19FN2O2S/c1-11-8-12(2)18(10-11)21(19,20)14-6-5-13(4-3-7-17)15(16)9-14/h5-6,9,11-12H,7-8,10,17H2,1-2H3. The van der Waals surface area contributed by atoms with Gasteiger partial charge in [0.05, 0.1) is 17.0 Å². The average Bonchev–Trinajstić information content (AvgIpc) is 2.77. The van der Waals surface area contributed by atoms with Crippen LogP contribution in [0.2, 0.25) is 0 Å². The molecule has 2 N–H and O–H groups in total. The molecule has 2 atom stereocenters. The molecule has 1 aromatic carbocycles. The number of rotatable bonds is 2. The molecule has 0 aromatic heterocycles. The summed E-state index contributed by atoms with van der Waals surface area (Å²) in [5, 5.41) is 0. The van der Waals surface area contributed by atoms with Gasteiger partial charge in [-0.2, -0.15) is 4.31 Å². The van der Waals surface area contributed by atoms with Crippen molar-refractivity contribution in [2.45, 2.75) is 31.2 Å². The minimum Gasteiger partial charge on any atom is -0.320 e. The SMILES string of the molecule is CC1CC(C)N(S(=O)(=O)c2ccc(C#CCN)c(F)c2)C1. The summed E-state index contributed by atoms with van der Waals surface area (Å²) in [6.07, 6.45) is 0.821. The minimum absolute atomic E-state index is 0.0285. The highest BCUT2D eigenvalue weighted by atomic mass is 32.2. The molecule has 1 aromatic rings. The van der Waals surface area contributed by atoms with E-state index in [1.165, 1.54) is 16.4 Å². The second kappa shape index (κ2) is 6.14. The van der Waals surface area contributed by atoms with E-state index < -0.39 is 15.8 Å². The molecular formula is C15H19FN2O2S. The molecule has 4 nitrogen and oxygen atoms in total. The summed E-state index contributed by atoms with van der Waals surface area (Å²) < 4.78 is 40.5. The van der Waals surface area contributed by atoms with E-state index in [9.17, 15) is 12.8 Å². The molecule has 1 aliphatic rings. The molecule has 2 rings (SSSR count). The Labute approximate surface area is 125 Å². The fourth-order valence-electron chi connectivity index (χ4n) is 2.64. The Morgan fingerprint density at radius 3 is 2.67 bits per heavy atom. The van der Waals surface area contributed by atoms with Gasteiger partial charge in [0, 0.05) is 12.6 Å². The number of nitrogens with zero attached hydrogens (tertiary/aromatic N) is 1. The van der Waals surface area contributed by atoms with Crippen molar-refractivity contribution in [2.24, 2.45) is 11.7 Å². The van der Waals surface area contributed by atoms with Gasteiger partial charge in [-0.15, -0.1) is 0 Å². The minimum atomic E-state index is -3.66. The number of hydrogen-bond donors (Lipinski definition) is 1. The molecule has 0 radical (unpaired) electrons. The van der Waals surface area contributed by atoms with Crippen LogP contribution < -0.4 is 5.73 Å². The fourth-order valence-corrected chi connectivity index (χ4v) is 4.41. The lowest BCUT2D eigenvalue weighted by Gasteiger charge is -2.21. The van der Waals surface area contributed by atoms with Crippen molar-refractivity contribution < 1.29 is 12.8 Å². The van der Waals surface area contributed by atoms with Gasteiger partial charge in [0.25, 0.3) is 0 Å². The van der Waals surface area contributed by atoms with Crippen molar-refractivity contribution in [1.82, 2.24) is 4.31 Å². The predicted molar refractivity (Wildman–Crippen MR) is 79.5 cm³/mol. The monoisotopic (exact) mass is 310 g/mol. The van der Waals surface area contributed by atoms with Crippen molar-refractivity contribution in [3.63, 3.8) is 0 Å². The number of nitrogens with two attached hydrogens (primary N) is 1. The van der Waals surface area contributed by atoms with Crippen LogP contribution in [0.15, 0.2) is 23.1 Å².